The lowest BCUT2D eigenvalue weighted by Crippen LogP contribution is -2.24. The second-order valence-corrected chi connectivity index (χ2v) is 8.37. The monoisotopic (exact) mass is 294 g/mol. The standard InChI is InChI=1S/C15H22N2S2/c1-11-8-16-13(19-11)15(4,5)7-6-14(2,3)12-9-18-10-17-12/h8-10H,6-7H2,1-5H3. The molecular formula is C15H22N2S2. The van der Waals surface area contributed by atoms with Crippen LogP contribution in [0.25, 0.3) is 0 Å². The minimum absolute atomic E-state index is 0.142. The number of hydrogen-bond acceptors (Lipinski definition) is 4. The lowest BCUT2D eigenvalue weighted by Gasteiger charge is -2.29. The quantitative estimate of drug-likeness (QED) is 0.780. The maximum absolute atomic E-state index is 4.56. The van der Waals surface area contributed by atoms with Crippen LogP contribution in [0.1, 0.15) is 56.1 Å². The van der Waals surface area contributed by atoms with Gasteiger partial charge in [-0.05, 0) is 19.8 Å². The van der Waals surface area contributed by atoms with E-state index in [0.29, 0.717) is 0 Å². The van der Waals surface area contributed by atoms with Gasteiger partial charge in [0.25, 0.3) is 0 Å². The average Bonchev–Trinajstić information content (AvgIpc) is 2.97. The first-order chi connectivity index (χ1) is 8.81. The predicted octanol–water partition coefficient (Wildman–Crippen LogP) is 4.94. The number of hydrogen-bond donors (Lipinski definition) is 0. The first-order valence-electron chi connectivity index (χ1n) is 6.63. The molecule has 0 saturated carbocycles. The van der Waals surface area contributed by atoms with E-state index in [0.717, 1.165) is 12.8 Å². The third-order valence-corrected chi connectivity index (χ3v) is 5.57. The topological polar surface area (TPSA) is 25.8 Å². The van der Waals surface area contributed by atoms with E-state index in [-0.39, 0.29) is 10.8 Å². The van der Waals surface area contributed by atoms with Gasteiger partial charge in [-0.3, -0.25) is 0 Å². The Morgan fingerprint density at radius 1 is 1.05 bits per heavy atom. The zero-order valence-electron chi connectivity index (χ0n) is 12.4. The Hall–Kier alpha value is -0.740. The van der Waals surface area contributed by atoms with Crippen LogP contribution in [0.5, 0.6) is 0 Å². The highest BCUT2D eigenvalue weighted by Gasteiger charge is 2.29. The molecule has 2 rings (SSSR count). The van der Waals surface area contributed by atoms with Gasteiger partial charge >= 0.3 is 0 Å². The van der Waals surface area contributed by atoms with Crippen molar-refractivity contribution in [1.29, 1.82) is 0 Å². The van der Waals surface area contributed by atoms with Gasteiger partial charge in [0.1, 0.15) is 0 Å². The average molecular weight is 294 g/mol. The molecule has 0 unspecified atom stereocenters. The van der Waals surface area contributed by atoms with Crippen molar-refractivity contribution in [3.63, 3.8) is 0 Å². The van der Waals surface area contributed by atoms with Crippen LogP contribution >= 0.6 is 22.7 Å². The van der Waals surface area contributed by atoms with Gasteiger partial charge < -0.3 is 0 Å². The predicted molar refractivity (Wildman–Crippen MR) is 84.3 cm³/mol. The second-order valence-electron chi connectivity index (χ2n) is 6.42. The molecule has 0 amide bonds. The second kappa shape index (κ2) is 5.33. The van der Waals surface area contributed by atoms with Crippen LogP contribution in [0.3, 0.4) is 0 Å². The van der Waals surface area contributed by atoms with Gasteiger partial charge in [0.15, 0.2) is 0 Å². The molecule has 2 nitrogen and oxygen atoms in total. The molecule has 0 aliphatic heterocycles. The van der Waals surface area contributed by atoms with Crippen LogP contribution in [0, 0.1) is 6.92 Å². The van der Waals surface area contributed by atoms with Crippen LogP contribution in [0.4, 0.5) is 0 Å². The van der Waals surface area contributed by atoms with Crippen molar-refractivity contribution in [2.24, 2.45) is 0 Å². The molecule has 0 aliphatic rings. The van der Waals surface area contributed by atoms with Crippen LogP contribution in [-0.4, -0.2) is 9.97 Å². The number of rotatable bonds is 5. The van der Waals surface area contributed by atoms with Gasteiger partial charge in [0, 0.05) is 27.3 Å². The van der Waals surface area contributed by atoms with E-state index in [1.807, 2.05) is 23.0 Å². The van der Waals surface area contributed by atoms with Crippen molar-refractivity contribution < 1.29 is 0 Å². The van der Waals surface area contributed by atoms with Gasteiger partial charge in [-0.15, -0.1) is 22.7 Å². The SMILES string of the molecule is Cc1cnc(C(C)(C)CCC(C)(C)c2cscn2)s1. The first kappa shape index (κ1) is 14.7. The normalized spacial score (nSPS) is 12.9. The maximum Gasteiger partial charge on any atom is 0.0983 e. The third kappa shape index (κ3) is 3.42. The third-order valence-electron chi connectivity index (χ3n) is 3.70. The maximum atomic E-state index is 4.56. The highest BCUT2D eigenvalue weighted by Crippen LogP contribution is 2.37. The molecule has 0 N–H and O–H groups in total. The van der Waals surface area contributed by atoms with Gasteiger partial charge in [-0.2, -0.15) is 0 Å². The molecule has 0 aromatic carbocycles. The summed E-state index contributed by atoms with van der Waals surface area (Å²) in [6, 6.07) is 0. The molecule has 2 aromatic heterocycles. The van der Waals surface area contributed by atoms with Gasteiger partial charge in [0.05, 0.1) is 16.2 Å². The van der Waals surface area contributed by atoms with Crippen molar-refractivity contribution in [3.8, 4) is 0 Å². The van der Waals surface area contributed by atoms with E-state index in [1.54, 1.807) is 11.3 Å². The summed E-state index contributed by atoms with van der Waals surface area (Å²) in [5.41, 5.74) is 3.42. The Bertz CT molecular complexity index is 524. The van der Waals surface area contributed by atoms with Crippen LogP contribution in [-0.2, 0) is 10.8 Å². The minimum Gasteiger partial charge on any atom is -0.249 e. The molecule has 0 bridgehead atoms. The lowest BCUT2D eigenvalue weighted by atomic mass is 9.78. The zero-order chi connectivity index (χ0) is 14.1. The Balaban J connectivity index is 2.05. The Morgan fingerprint density at radius 3 is 2.26 bits per heavy atom. The van der Waals surface area contributed by atoms with Crippen LogP contribution in [0.15, 0.2) is 17.1 Å². The molecule has 0 fully saturated rings. The lowest BCUT2D eigenvalue weighted by molar-refractivity contribution is 0.369. The molecule has 0 spiro atoms. The van der Waals surface area contributed by atoms with E-state index in [4.69, 9.17) is 0 Å². The molecule has 0 radical (unpaired) electrons. The van der Waals surface area contributed by atoms with E-state index in [9.17, 15) is 0 Å². The van der Waals surface area contributed by atoms with Crippen LogP contribution < -0.4 is 0 Å². The molecule has 0 atom stereocenters. The van der Waals surface area contributed by atoms with E-state index in [2.05, 4.69) is 50.0 Å². The van der Waals surface area contributed by atoms with Crippen molar-refractivity contribution in [3.05, 3.63) is 32.7 Å². The Kier molecular flexibility index (Phi) is 4.11. The highest BCUT2D eigenvalue weighted by atomic mass is 32.1. The molecule has 104 valence electrons. The molecule has 2 heterocycles. The summed E-state index contributed by atoms with van der Waals surface area (Å²) in [7, 11) is 0. The molecule has 19 heavy (non-hydrogen) atoms. The Labute approximate surface area is 123 Å². The summed E-state index contributed by atoms with van der Waals surface area (Å²) in [6.45, 7) is 11.3. The van der Waals surface area contributed by atoms with E-state index in [1.165, 1.54) is 15.6 Å². The summed E-state index contributed by atoms with van der Waals surface area (Å²) < 4.78 is 0. The number of aryl methyl sites for hydroxylation is 1. The van der Waals surface area contributed by atoms with E-state index >= 15 is 0 Å². The first-order valence-corrected chi connectivity index (χ1v) is 8.39. The summed E-state index contributed by atoms with van der Waals surface area (Å²) in [5.74, 6) is 0. The minimum atomic E-state index is 0.142. The van der Waals surface area contributed by atoms with Gasteiger partial charge in [0.2, 0.25) is 0 Å². The smallest absolute Gasteiger partial charge is 0.0983 e. The fourth-order valence-corrected chi connectivity index (χ4v) is 3.71. The summed E-state index contributed by atoms with van der Waals surface area (Å²) in [6.07, 6.45) is 4.24. The van der Waals surface area contributed by atoms with Crippen molar-refractivity contribution in [2.75, 3.05) is 0 Å². The molecule has 0 aliphatic carbocycles. The van der Waals surface area contributed by atoms with Gasteiger partial charge in [-0.1, -0.05) is 27.7 Å². The highest BCUT2D eigenvalue weighted by molar-refractivity contribution is 7.11. The summed E-state index contributed by atoms with van der Waals surface area (Å²) in [4.78, 5) is 10.3. The summed E-state index contributed by atoms with van der Waals surface area (Å²) >= 11 is 3.50. The molecule has 0 saturated heterocycles. The van der Waals surface area contributed by atoms with Crippen molar-refractivity contribution in [2.45, 2.75) is 58.3 Å². The van der Waals surface area contributed by atoms with Gasteiger partial charge in [-0.25, -0.2) is 9.97 Å². The fraction of sp³-hybridized carbons (Fsp3) is 0.600. The molecule has 4 heteroatoms. The molecular weight excluding hydrogens is 272 g/mol. The summed E-state index contributed by atoms with van der Waals surface area (Å²) in [5, 5.41) is 3.42. The number of nitrogens with zero attached hydrogens (tertiary/aromatic N) is 2. The van der Waals surface area contributed by atoms with Crippen molar-refractivity contribution in [1.82, 2.24) is 9.97 Å². The fourth-order valence-electron chi connectivity index (χ4n) is 2.07. The number of thiazole rings is 2. The zero-order valence-corrected chi connectivity index (χ0v) is 14.0. The van der Waals surface area contributed by atoms with E-state index < -0.39 is 0 Å². The largest absolute Gasteiger partial charge is 0.249 e. The van der Waals surface area contributed by atoms with Crippen molar-refractivity contribution >= 4 is 22.7 Å². The van der Waals surface area contributed by atoms with Crippen LogP contribution in [0.2, 0.25) is 0 Å². The molecule has 2 aromatic rings. The number of aromatic nitrogens is 2. The Morgan fingerprint density at radius 2 is 1.74 bits per heavy atom.